The second-order valence-electron chi connectivity index (χ2n) is 5.69. The molecule has 1 aliphatic carbocycles. The predicted molar refractivity (Wildman–Crippen MR) is 82.0 cm³/mol. The molecule has 0 aromatic heterocycles. The van der Waals surface area contributed by atoms with E-state index in [1.54, 1.807) is 6.07 Å². The van der Waals surface area contributed by atoms with Gasteiger partial charge in [0.2, 0.25) is 5.91 Å². The molecule has 3 N–H and O–H groups in total. The molecule has 1 heterocycles. The van der Waals surface area contributed by atoms with Crippen molar-refractivity contribution in [1.29, 1.82) is 0 Å². The van der Waals surface area contributed by atoms with Gasteiger partial charge in [-0.05, 0) is 30.5 Å². The van der Waals surface area contributed by atoms with Crippen LogP contribution >= 0.6 is 11.6 Å². The summed E-state index contributed by atoms with van der Waals surface area (Å²) in [6.07, 6.45) is 2.17. The molecule has 0 radical (unpaired) electrons. The molecule has 1 unspecified atom stereocenters. The van der Waals surface area contributed by atoms with Crippen LogP contribution in [0.4, 0.5) is 5.69 Å². The Morgan fingerprint density at radius 2 is 2.29 bits per heavy atom. The Hall–Kier alpha value is -1.30. The summed E-state index contributed by atoms with van der Waals surface area (Å²) in [5, 5.41) is 3.69. The summed E-state index contributed by atoms with van der Waals surface area (Å²) in [6, 6.07) is 5.62. The van der Waals surface area contributed by atoms with Crippen molar-refractivity contribution in [2.75, 3.05) is 25.5 Å². The van der Waals surface area contributed by atoms with Gasteiger partial charge < -0.3 is 15.8 Å². The van der Waals surface area contributed by atoms with Crippen molar-refractivity contribution in [2.45, 2.75) is 31.5 Å². The molecule has 21 heavy (non-hydrogen) atoms. The first kappa shape index (κ1) is 14.6. The average molecular weight is 310 g/mol. The molecule has 1 aromatic carbocycles. The van der Waals surface area contributed by atoms with E-state index in [0.717, 1.165) is 24.9 Å². The Labute approximate surface area is 129 Å². The number of anilines is 1. The van der Waals surface area contributed by atoms with Crippen molar-refractivity contribution in [2.24, 2.45) is 0 Å². The number of nitrogen functional groups attached to an aromatic ring is 1. The number of nitrogens with one attached hydrogen (secondary N) is 1. The summed E-state index contributed by atoms with van der Waals surface area (Å²) in [5.41, 5.74) is 7.35. The topological polar surface area (TPSA) is 67.6 Å². The molecule has 1 aliphatic heterocycles. The van der Waals surface area contributed by atoms with Gasteiger partial charge in [-0.1, -0.05) is 17.7 Å². The second-order valence-corrected chi connectivity index (χ2v) is 6.10. The lowest BCUT2D eigenvalue weighted by Crippen LogP contribution is -2.53. The Balaban J connectivity index is 1.69. The van der Waals surface area contributed by atoms with E-state index in [4.69, 9.17) is 22.1 Å². The molecular weight excluding hydrogens is 290 g/mol. The van der Waals surface area contributed by atoms with Crippen molar-refractivity contribution in [3.8, 4) is 0 Å². The molecule has 0 bridgehead atoms. The molecule has 1 saturated heterocycles. The Kier molecular flexibility index (Phi) is 4.33. The molecule has 6 heteroatoms. The first-order chi connectivity index (χ1) is 10.1. The Morgan fingerprint density at radius 1 is 1.48 bits per heavy atom. The summed E-state index contributed by atoms with van der Waals surface area (Å²) in [7, 11) is 0. The highest BCUT2D eigenvalue weighted by Gasteiger charge is 2.33. The van der Waals surface area contributed by atoms with Gasteiger partial charge in [-0.15, -0.1) is 0 Å². The van der Waals surface area contributed by atoms with E-state index in [9.17, 15) is 4.79 Å². The monoisotopic (exact) mass is 309 g/mol. The van der Waals surface area contributed by atoms with Crippen LogP contribution in [0, 0.1) is 0 Å². The van der Waals surface area contributed by atoms with Gasteiger partial charge in [0.25, 0.3) is 0 Å². The van der Waals surface area contributed by atoms with Gasteiger partial charge in [-0.2, -0.15) is 0 Å². The van der Waals surface area contributed by atoms with Crippen LogP contribution in [0.15, 0.2) is 18.2 Å². The van der Waals surface area contributed by atoms with Crippen LogP contribution in [-0.4, -0.2) is 42.6 Å². The number of carbonyl (C=O) groups is 1. The number of nitrogens with zero attached hydrogens (tertiary/aromatic N) is 1. The van der Waals surface area contributed by atoms with Crippen molar-refractivity contribution in [3.05, 3.63) is 28.8 Å². The average Bonchev–Trinajstić information content (AvgIpc) is 3.26. The van der Waals surface area contributed by atoms with E-state index < -0.39 is 0 Å². The molecule has 3 rings (SSSR count). The maximum Gasteiger partial charge on any atom is 0.239 e. The van der Waals surface area contributed by atoms with Gasteiger partial charge in [0.05, 0.1) is 13.2 Å². The van der Waals surface area contributed by atoms with E-state index in [1.807, 2.05) is 12.1 Å². The fraction of sp³-hybridized carbons (Fsp3) is 0.533. The molecule has 0 spiro atoms. The number of benzene rings is 1. The van der Waals surface area contributed by atoms with Crippen molar-refractivity contribution < 1.29 is 9.53 Å². The fourth-order valence-corrected chi connectivity index (χ4v) is 2.75. The van der Waals surface area contributed by atoms with Crippen LogP contribution in [-0.2, 0) is 16.1 Å². The number of halogens is 1. The van der Waals surface area contributed by atoms with Crippen LogP contribution in [0.2, 0.25) is 5.02 Å². The molecule has 1 amide bonds. The molecule has 2 aliphatic rings. The van der Waals surface area contributed by atoms with Crippen molar-refractivity contribution in [3.63, 3.8) is 0 Å². The van der Waals surface area contributed by atoms with Crippen molar-refractivity contribution in [1.82, 2.24) is 10.2 Å². The number of nitrogens with two attached hydrogens (primary N) is 1. The SMILES string of the molecule is Nc1ccc(CN2CCOCC2C(=O)NC2CC2)c(Cl)c1. The quantitative estimate of drug-likeness (QED) is 0.825. The third-order valence-corrected chi connectivity index (χ3v) is 4.27. The largest absolute Gasteiger partial charge is 0.399 e. The lowest BCUT2D eigenvalue weighted by atomic mass is 10.1. The molecule has 5 nitrogen and oxygen atoms in total. The zero-order chi connectivity index (χ0) is 14.8. The second kappa shape index (κ2) is 6.22. The smallest absolute Gasteiger partial charge is 0.239 e. The molecule has 2 fully saturated rings. The summed E-state index contributed by atoms with van der Waals surface area (Å²) in [4.78, 5) is 14.4. The van der Waals surface area contributed by atoms with Gasteiger partial charge in [-0.25, -0.2) is 0 Å². The van der Waals surface area contributed by atoms with Crippen LogP contribution in [0.3, 0.4) is 0 Å². The molecule has 1 saturated carbocycles. The fourth-order valence-electron chi connectivity index (χ4n) is 2.50. The van der Waals surface area contributed by atoms with Crippen LogP contribution in [0.1, 0.15) is 18.4 Å². The Morgan fingerprint density at radius 3 is 3.00 bits per heavy atom. The molecule has 1 aromatic rings. The third kappa shape index (κ3) is 3.67. The van der Waals surface area contributed by atoms with Gasteiger partial charge in [0.15, 0.2) is 0 Å². The van der Waals surface area contributed by atoms with E-state index >= 15 is 0 Å². The van der Waals surface area contributed by atoms with Crippen LogP contribution < -0.4 is 11.1 Å². The minimum absolute atomic E-state index is 0.0590. The first-order valence-electron chi connectivity index (χ1n) is 7.29. The number of ether oxygens (including phenoxy) is 1. The van der Waals surface area contributed by atoms with Crippen LogP contribution in [0.5, 0.6) is 0 Å². The minimum Gasteiger partial charge on any atom is -0.399 e. The summed E-state index contributed by atoms with van der Waals surface area (Å²) in [5.74, 6) is 0.0590. The summed E-state index contributed by atoms with van der Waals surface area (Å²) < 4.78 is 5.47. The molecular formula is C15H20ClN3O2. The van der Waals surface area contributed by atoms with Gasteiger partial charge in [0, 0.05) is 29.8 Å². The van der Waals surface area contributed by atoms with Gasteiger partial charge >= 0.3 is 0 Å². The van der Waals surface area contributed by atoms with E-state index in [1.165, 1.54) is 0 Å². The predicted octanol–water partition coefficient (Wildman–Crippen LogP) is 1.40. The van der Waals surface area contributed by atoms with Crippen LogP contribution in [0.25, 0.3) is 0 Å². The third-order valence-electron chi connectivity index (χ3n) is 3.92. The lowest BCUT2D eigenvalue weighted by molar-refractivity contribution is -0.133. The molecule has 1 atom stereocenters. The number of hydrogen-bond acceptors (Lipinski definition) is 4. The lowest BCUT2D eigenvalue weighted by Gasteiger charge is -2.34. The highest BCUT2D eigenvalue weighted by atomic mass is 35.5. The van der Waals surface area contributed by atoms with E-state index in [0.29, 0.717) is 36.5 Å². The molecule has 114 valence electrons. The highest BCUT2D eigenvalue weighted by Crippen LogP contribution is 2.23. The number of rotatable bonds is 4. The number of carbonyl (C=O) groups excluding carboxylic acids is 1. The Bertz CT molecular complexity index is 534. The number of amides is 1. The standard InChI is InChI=1S/C15H20ClN3O2/c16-13-7-11(17)2-1-10(13)8-19-5-6-21-9-14(19)15(20)18-12-3-4-12/h1-2,7,12,14H,3-6,8-9,17H2,(H,18,20). The van der Waals surface area contributed by atoms with Gasteiger partial charge in [0.1, 0.15) is 6.04 Å². The maximum atomic E-state index is 12.3. The summed E-state index contributed by atoms with van der Waals surface area (Å²) in [6.45, 7) is 2.43. The zero-order valence-electron chi connectivity index (χ0n) is 11.8. The highest BCUT2D eigenvalue weighted by molar-refractivity contribution is 6.31. The van der Waals surface area contributed by atoms with E-state index in [-0.39, 0.29) is 11.9 Å². The summed E-state index contributed by atoms with van der Waals surface area (Å²) >= 11 is 6.23. The normalized spacial score (nSPS) is 23.0. The minimum atomic E-state index is -0.243. The van der Waals surface area contributed by atoms with Gasteiger partial charge in [-0.3, -0.25) is 9.69 Å². The van der Waals surface area contributed by atoms with Crippen molar-refractivity contribution >= 4 is 23.2 Å². The maximum absolute atomic E-state index is 12.3. The number of morpholine rings is 1. The zero-order valence-corrected chi connectivity index (χ0v) is 12.6. The van der Waals surface area contributed by atoms with E-state index in [2.05, 4.69) is 10.2 Å². The first-order valence-corrected chi connectivity index (χ1v) is 7.67. The number of hydrogen-bond donors (Lipinski definition) is 2.